The molecule has 6 nitrogen and oxygen atoms in total. The lowest BCUT2D eigenvalue weighted by Gasteiger charge is -2.07. The number of Topliss-reactive ketones (excluding diaryl/α,β-unsaturated/α-hetero) is 1. The Morgan fingerprint density at radius 3 is 2.27 bits per heavy atom. The van der Waals surface area contributed by atoms with Gasteiger partial charge in [0.25, 0.3) is 0 Å². The number of halogens is 1. The van der Waals surface area contributed by atoms with Crippen LogP contribution < -0.4 is 5.32 Å². The Balaban J connectivity index is 1.40. The second kappa shape index (κ2) is 11.6. The van der Waals surface area contributed by atoms with Gasteiger partial charge in [0.2, 0.25) is 5.91 Å². The molecular weight excluding hydrogens is 445 g/mol. The Morgan fingerprint density at radius 2 is 1.61 bits per heavy atom. The van der Waals surface area contributed by atoms with Crippen LogP contribution in [0, 0.1) is 5.82 Å². The number of carbonyl (C=O) groups is 4. The summed E-state index contributed by atoms with van der Waals surface area (Å²) < 4.78 is 17.8. The zero-order valence-corrected chi connectivity index (χ0v) is 18.3. The van der Waals surface area contributed by atoms with Gasteiger partial charge in [0.05, 0.1) is 6.42 Å². The molecule has 0 spiro atoms. The first-order valence-electron chi connectivity index (χ1n) is 10.0. The molecule has 2 aromatic carbocycles. The van der Waals surface area contributed by atoms with Crippen LogP contribution in [-0.2, 0) is 14.3 Å². The number of ether oxygens (including phenoxy) is 1. The predicted molar refractivity (Wildman–Crippen MR) is 124 cm³/mol. The minimum atomic E-state index is -0.695. The fraction of sp³-hybridized carbons (Fsp3) is 0.120. The van der Waals surface area contributed by atoms with Crippen LogP contribution in [-0.4, -0.2) is 30.0 Å². The minimum Gasteiger partial charge on any atom is -0.457 e. The first-order chi connectivity index (χ1) is 15.9. The number of ketones is 2. The van der Waals surface area contributed by atoms with Crippen molar-refractivity contribution in [2.24, 2.45) is 0 Å². The molecule has 3 rings (SSSR count). The van der Waals surface area contributed by atoms with E-state index in [0.717, 1.165) is 17.0 Å². The molecule has 0 aliphatic carbocycles. The number of carbonyl (C=O) groups excluding carboxylic acids is 4. The van der Waals surface area contributed by atoms with Crippen molar-refractivity contribution in [3.8, 4) is 0 Å². The van der Waals surface area contributed by atoms with Crippen LogP contribution >= 0.6 is 11.3 Å². The maximum atomic E-state index is 12.9. The van der Waals surface area contributed by atoms with E-state index in [9.17, 15) is 23.6 Å². The van der Waals surface area contributed by atoms with E-state index < -0.39 is 30.1 Å². The Labute approximate surface area is 193 Å². The third-order valence-corrected chi connectivity index (χ3v) is 5.32. The molecule has 3 aromatic rings. The normalized spacial score (nSPS) is 10.7. The Hall–Kier alpha value is -3.91. The van der Waals surface area contributed by atoms with Gasteiger partial charge in [-0.25, -0.2) is 4.39 Å². The molecule has 0 atom stereocenters. The Bertz CT molecular complexity index is 1150. The summed E-state index contributed by atoms with van der Waals surface area (Å²) in [7, 11) is 0. The molecule has 33 heavy (non-hydrogen) atoms. The quantitative estimate of drug-likeness (QED) is 0.261. The van der Waals surface area contributed by atoms with E-state index in [0.29, 0.717) is 11.3 Å². The van der Waals surface area contributed by atoms with E-state index in [1.165, 1.54) is 29.5 Å². The first kappa shape index (κ1) is 23.7. The van der Waals surface area contributed by atoms with Gasteiger partial charge in [-0.1, -0.05) is 6.07 Å². The van der Waals surface area contributed by atoms with Crippen molar-refractivity contribution in [1.82, 2.24) is 0 Å². The molecule has 0 saturated carbocycles. The molecule has 8 heteroatoms. The molecule has 0 radical (unpaired) electrons. The smallest absolute Gasteiger partial charge is 0.306 e. The summed E-state index contributed by atoms with van der Waals surface area (Å²) in [5.41, 5.74) is 1.19. The number of allylic oxidation sites excluding steroid dienone is 1. The highest BCUT2D eigenvalue weighted by Crippen LogP contribution is 2.14. The van der Waals surface area contributed by atoms with Gasteiger partial charge in [-0.2, -0.15) is 0 Å². The van der Waals surface area contributed by atoms with Crippen molar-refractivity contribution in [2.75, 3.05) is 11.9 Å². The lowest BCUT2D eigenvalue weighted by atomic mass is 10.1. The van der Waals surface area contributed by atoms with Gasteiger partial charge in [-0.15, -0.1) is 11.3 Å². The first-order valence-corrected chi connectivity index (χ1v) is 10.9. The second-order valence-electron chi connectivity index (χ2n) is 6.93. The number of rotatable bonds is 10. The molecule has 1 amide bonds. The van der Waals surface area contributed by atoms with Crippen molar-refractivity contribution in [2.45, 2.75) is 12.8 Å². The molecule has 0 aliphatic heterocycles. The number of hydrogen-bond acceptors (Lipinski definition) is 6. The highest BCUT2D eigenvalue weighted by Gasteiger charge is 2.12. The largest absolute Gasteiger partial charge is 0.457 e. The maximum absolute atomic E-state index is 12.9. The molecule has 0 saturated heterocycles. The lowest BCUT2D eigenvalue weighted by molar-refractivity contribution is -0.143. The molecule has 1 aromatic heterocycles. The van der Waals surface area contributed by atoms with Crippen LogP contribution in [0.4, 0.5) is 10.1 Å². The summed E-state index contributed by atoms with van der Waals surface area (Å²) >= 11 is 1.53. The summed E-state index contributed by atoms with van der Waals surface area (Å²) in [6.07, 6.45) is 2.90. The summed E-state index contributed by atoms with van der Waals surface area (Å²) in [5, 5.41) is 4.56. The van der Waals surface area contributed by atoms with Gasteiger partial charge in [0.15, 0.2) is 18.2 Å². The zero-order chi connectivity index (χ0) is 23.6. The average molecular weight is 466 g/mol. The van der Waals surface area contributed by atoms with Crippen LogP contribution in [0.2, 0.25) is 0 Å². The van der Waals surface area contributed by atoms with Crippen LogP contribution in [0.5, 0.6) is 0 Å². The van der Waals surface area contributed by atoms with E-state index >= 15 is 0 Å². The number of nitrogens with one attached hydrogen (secondary N) is 1. The van der Waals surface area contributed by atoms with Gasteiger partial charge in [0, 0.05) is 28.1 Å². The molecule has 0 fully saturated rings. The van der Waals surface area contributed by atoms with Crippen LogP contribution in [0.25, 0.3) is 6.08 Å². The van der Waals surface area contributed by atoms with Crippen molar-refractivity contribution >= 4 is 46.5 Å². The standard InChI is InChI=1S/C25H20FNO5S/c26-19-7-3-18(4-8-19)23(29)16-32-25(31)14-13-24(30)27-20-9-5-17(6-10-20)22(28)12-11-21-2-1-15-33-21/h1-12,15H,13-14,16H2,(H,27,30). The molecule has 0 aliphatic rings. The van der Waals surface area contributed by atoms with Gasteiger partial charge in [-0.3, -0.25) is 19.2 Å². The number of esters is 1. The number of amides is 1. The minimum absolute atomic E-state index is 0.131. The highest BCUT2D eigenvalue weighted by molar-refractivity contribution is 7.10. The topological polar surface area (TPSA) is 89.5 Å². The molecule has 0 bridgehead atoms. The number of hydrogen-bond donors (Lipinski definition) is 1. The second-order valence-corrected chi connectivity index (χ2v) is 7.91. The van der Waals surface area contributed by atoms with Crippen molar-refractivity contribution < 1.29 is 28.3 Å². The fourth-order valence-corrected chi connectivity index (χ4v) is 3.35. The average Bonchev–Trinajstić information content (AvgIpc) is 3.34. The third-order valence-electron chi connectivity index (χ3n) is 4.48. The maximum Gasteiger partial charge on any atom is 0.306 e. The summed E-state index contributed by atoms with van der Waals surface area (Å²) in [4.78, 5) is 49.0. The molecular formula is C25H20FNO5S. The Morgan fingerprint density at radius 1 is 0.909 bits per heavy atom. The molecule has 1 N–H and O–H groups in total. The van der Waals surface area contributed by atoms with Crippen LogP contribution in [0.15, 0.2) is 72.1 Å². The summed E-state index contributed by atoms with van der Waals surface area (Å²) in [5.74, 6) is -2.19. The van der Waals surface area contributed by atoms with E-state index in [-0.39, 0.29) is 24.2 Å². The van der Waals surface area contributed by atoms with Gasteiger partial charge in [-0.05, 0) is 72.1 Å². The number of anilines is 1. The van der Waals surface area contributed by atoms with Crippen LogP contribution in [0.1, 0.15) is 38.4 Å². The molecule has 0 unspecified atom stereocenters. The van der Waals surface area contributed by atoms with Crippen molar-refractivity contribution in [3.05, 3.63) is 93.9 Å². The Kier molecular flexibility index (Phi) is 8.37. The van der Waals surface area contributed by atoms with Gasteiger partial charge in [0.1, 0.15) is 5.82 Å². The molecule has 1 heterocycles. The third kappa shape index (κ3) is 7.62. The van der Waals surface area contributed by atoms with E-state index in [1.54, 1.807) is 30.3 Å². The lowest BCUT2D eigenvalue weighted by Crippen LogP contribution is -2.17. The number of benzene rings is 2. The summed E-state index contributed by atoms with van der Waals surface area (Å²) in [6.45, 7) is -0.484. The van der Waals surface area contributed by atoms with Gasteiger partial charge >= 0.3 is 5.97 Å². The zero-order valence-electron chi connectivity index (χ0n) is 17.5. The van der Waals surface area contributed by atoms with E-state index in [4.69, 9.17) is 4.74 Å². The van der Waals surface area contributed by atoms with Crippen LogP contribution in [0.3, 0.4) is 0 Å². The number of thiophene rings is 1. The van der Waals surface area contributed by atoms with Crippen molar-refractivity contribution in [1.29, 1.82) is 0 Å². The van der Waals surface area contributed by atoms with Crippen molar-refractivity contribution in [3.63, 3.8) is 0 Å². The SMILES string of the molecule is O=C(CCC(=O)OCC(=O)c1ccc(F)cc1)Nc1ccc(C(=O)C=Cc2cccs2)cc1. The highest BCUT2D eigenvalue weighted by atomic mass is 32.1. The fourth-order valence-electron chi connectivity index (χ4n) is 2.73. The van der Waals surface area contributed by atoms with E-state index in [2.05, 4.69) is 5.32 Å². The van der Waals surface area contributed by atoms with E-state index in [1.807, 2.05) is 17.5 Å². The van der Waals surface area contributed by atoms with Gasteiger partial charge < -0.3 is 10.1 Å². The predicted octanol–water partition coefficient (Wildman–Crippen LogP) is 4.93. The molecule has 168 valence electrons. The monoisotopic (exact) mass is 465 g/mol. The summed E-state index contributed by atoms with van der Waals surface area (Å²) in [6, 6.07) is 15.1.